The third-order valence-electron chi connectivity index (χ3n) is 23.1. The number of sulfonamides is 2. The van der Waals surface area contributed by atoms with E-state index in [0.717, 1.165) is 73.8 Å². The molecule has 2 amide bonds. The van der Waals surface area contributed by atoms with Crippen molar-refractivity contribution in [2.75, 3.05) is 71.2 Å². The summed E-state index contributed by atoms with van der Waals surface area (Å²) >= 11 is 0. The molecular formula is C100H133N9O18S2. The monoisotopic (exact) mass is 1810 g/mol. The smallest absolute Gasteiger partial charge is 0.356 e. The molecular weight excluding hydrogens is 1680 g/mol. The van der Waals surface area contributed by atoms with E-state index in [0.29, 0.717) is 79.0 Å². The van der Waals surface area contributed by atoms with E-state index in [1.54, 1.807) is 78.9 Å². The van der Waals surface area contributed by atoms with Crippen LogP contribution >= 0.6 is 0 Å². The van der Waals surface area contributed by atoms with Gasteiger partial charge in [-0.05, 0) is 118 Å². The molecule has 0 bridgehead atoms. The van der Waals surface area contributed by atoms with Crippen molar-refractivity contribution in [1.82, 2.24) is 22.7 Å². The minimum Gasteiger partial charge on any atom is -0.493 e. The summed E-state index contributed by atoms with van der Waals surface area (Å²) in [5, 5.41) is 15.7. The van der Waals surface area contributed by atoms with Crippen LogP contribution in [0.4, 0.5) is 22.7 Å². The van der Waals surface area contributed by atoms with E-state index in [1.807, 2.05) is 57.2 Å². The number of carboxylic acid groups (broad SMARTS) is 1. The number of carbonyl (C=O) groups excluding carboxylic acids is 4. The molecule has 2 atom stereocenters. The van der Waals surface area contributed by atoms with Crippen molar-refractivity contribution in [3.05, 3.63) is 186 Å². The number of unbranched alkanes of at least 4 members (excludes halogenated alkanes) is 30. The molecule has 27 nitrogen and oxygen atoms in total. The fraction of sp³-hybridized carbons (Fsp3) is 0.500. The molecule has 0 saturated carbocycles. The highest BCUT2D eigenvalue weighted by atomic mass is 32.2. The average molecular weight is 1810 g/mol. The van der Waals surface area contributed by atoms with Gasteiger partial charge in [-0.15, -0.1) is 0 Å². The predicted molar refractivity (Wildman–Crippen MR) is 503 cm³/mol. The molecule has 0 spiro atoms. The Kier molecular flexibility index (Phi) is 40.6. The van der Waals surface area contributed by atoms with Crippen LogP contribution in [0.2, 0.25) is 0 Å². The van der Waals surface area contributed by atoms with Crippen LogP contribution in [0.1, 0.15) is 292 Å². The van der Waals surface area contributed by atoms with E-state index >= 15 is 0 Å². The van der Waals surface area contributed by atoms with Crippen LogP contribution in [0.3, 0.4) is 0 Å². The van der Waals surface area contributed by atoms with Crippen LogP contribution in [-0.2, 0) is 39.1 Å². The van der Waals surface area contributed by atoms with E-state index in [-0.39, 0.29) is 82.8 Å². The summed E-state index contributed by atoms with van der Waals surface area (Å²) in [6, 6.07) is 33.8. The molecule has 2 aromatic heterocycles. The molecule has 2 unspecified atom stereocenters. The van der Waals surface area contributed by atoms with Crippen molar-refractivity contribution in [2.24, 2.45) is 9.98 Å². The number of nitrogens with one attached hydrogen (secondary N) is 2. The Balaban J connectivity index is 0.000000269. The van der Waals surface area contributed by atoms with Gasteiger partial charge in [-0.1, -0.05) is 261 Å². The Labute approximate surface area is 762 Å². The molecule has 6 aromatic carbocycles. The average Bonchev–Trinajstić information content (AvgIpc) is 1.71. The Hall–Kier alpha value is -11.2. The lowest BCUT2D eigenvalue weighted by Gasteiger charge is -2.34. The summed E-state index contributed by atoms with van der Waals surface area (Å²) in [6.07, 6.45) is 43.8. The van der Waals surface area contributed by atoms with E-state index in [1.165, 1.54) is 210 Å². The van der Waals surface area contributed by atoms with Gasteiger partial charge in [0.05, 0.1) is 80.9 Å². The van der Waals surface area contributed by atoms with Gasteiger partial charge < -0.3 is 62.8 Å². The van der Waals surface area contributed by atoms with Gasteiger partial charge in [0.25, 0.3) is 31.9 Å². The normalized spacial score (nSPS) is 13.8. The molecule has 698 valence electrons. The van der Waals surface area contributed by atoms with Crippen LogP contribution in [0.25, 0.3) is 0 Å². The molecule has 0 fully saturated rings. The maximum atomic E-state index is 15.0. The number of nitrogens with zero attached hydrogens (tertiary/aromatic N) is 7. The molecule has 3 N–H and O–H groups in total. The number of esters is 2. The second-order valence-corrected chi connectivity index (χ2v) is 37.0. The number of benzene rings is 6. The van der Waals surface area contributed by atoms with Crippen molar-refractivity contribution >= 4 is 84.2 Å². The van der Waals surface area contributed by atoms with Crippen LogP contribution in [0.15, 0.2) is 172 Å². The minimum absolute atomic E-state index is 0.0168. The molecule has 8 aromatic rings. The van der Waals surface area contributed by atoms with Crippen molar-refractivity contribution in [3.8, 4) is 34.5 Å². The van der Waals surface area contributed by atoms with E-state index in [9.17, 15) is 45.9 Å². The van der Waals surface area contributed by atoms with Gasteiger partial charge in [0.1, 0.15) is 32.8 Å². The SMILES string of the molecule is CCCCCCCCCCCCCCCCCCN1C(C(C(=O)Nc2cc(C)ccc2OCCCOc2ccc(C)cc2)n2cc(C(=O)OC)c(C(=O)OC)c2)=Nc2ccccc2S1(=O)=O.CCCCCCCCCCCCCCCCCCN1C(C(C(=O)Nc2cc(C)ccc2OCCCOc2ccc3c(c2)OCO3)n2cnc(C(=O)O)c2)=Nc2ccccc2S1(=O)=O. The Morgan fingerprint density at radius 3 is 1.20 bits per heavy atom. The van der Waals surface area contributed by atoms with E-state index in [2.05, 4.69) is 29.5 Å². The maximum Gasteiger partial charge on any atom is 0.356 e. The van der Waals surface area contributed by atoms with Gasteiger partial charge in [0.15, 0.2) is 40.9 Å². The van der Waals surface area contributed by atoms with E-state index in [4.69, 9.17) is 47.9 Å². The predicted octanol–water partition coefficient (Wildman–Crippen LogP) is 22.3. The topological polar surface area (TPSA) is 326 Å². The number of ether oxygens (including phenoxy) is 8. The molecule has 129 heavy (non-hydrogen) atoms. The second kappa shape index (κ2) is 52.5. The fourth-order valence-corrected chi connectivity index (χ4v) is 19.2. The lowest BCUT2D eigenvalue weighted by Crippen LogP contribution is -2.47. The molecule has 3 aliphatic rings. The first-order chi connectivity index (χ1) is 62.6. The molecule has 29 heteroatoms. The number of amidine groups is 2. The number of carboxylic acids is 1. The van der Waals surface area contributed by atoms with Crippen molar-refractivity contribution in [1.29, 1.82) is 0 Å². The number of aliphatic imine (C=N–C) groups is 2. The highest BCUT2D eigenvalue weighted by molar-refractivity contribution is 7.90. The number of amides is 2. The number of carbonyl (C=O) groups is 5. The summed E-state index contributed by atoms with van der Waals surface area (Å²) in [6.45, 7) is 11.9. The third kappa shape index (κ3) is 29.9. The van der Waals surface area contributed by atoms with Gasteiger partial charge in [-0.3, -0.25) is 18.2 Å². The van der Waals surface area contributed by atoms with Crippen LogP contribution in [-0.4, -0.2) is 147 Å². The van der Waals surface area contributed by atoms with Gasteiger partial charge in [0, 0.05) is 50.6 Å². The maximum absolute atomic E-state index is 15.0. The largest absolute Gasteiger partial charge is 0.493 e. The third-order valence-corrected chi connectivity index (χ3v) is 26.8. The Morgan fingerprint density at radius 1 is 0.419 bits per heavy atom. The first-order valence-electron chi connectivity index (χ1n) is 46.5. The molecule has 3 aliphatic heterocycles. The highest BCUT2D eigenvalue weighted by Gasteiger charge is 2.44. The lowest BCUT2D eigenvalue weighted by atomic mass is 10.0. The molecule has 11 rings (SSSR count). The molecule has 0 radical (unpaired) electrons. The zero-order valence-electron chi connectivity index (χ0n) is 76.4. The standard InChI is InChI=1S/C52H70N4O9S.C48H63N5O9S/c1-6-7-8-9-10-11-12-13-14-15-16-17-18-19-20-23-33-56-49(53-44-25-21-22-26-47(44)66(56,60)61)48(55-37-42(51(58)62-4)43(38-55)52(59)63-5)50(57)54-45-36-40(3)29-32-46(45)65-35-24-34-64-41-30-27-39(2)28-31-41;1-3-4-5-6-7-8-9-10-11-12-13-14-15-16-17-20-28-53-46(50-38-22-18-19-23-44(38)63(53,57)58)45(52-33-40(48(55)56)49-34-52)47(54)51-39-31-36(2)24-26-41(39)60-30-21-29-59-37-25-27-42-43(32-37)62-35-61-42/h21-22,25-32,36-38,48H,6-20,23-24,33-35H2,1-5H3,(H,54,57);18-19,22-27,31-34,45H,3-17,20-21,28-30,35H2,1-2H3,(H,51,54)(H,55,56). The van der Waals surface area contributed by atoms with Gasteiger partial charge in [-0.2, -0.15) is 0 Å². The highest BCUT2D eigenvalue weighted by Crippen LogP contribution is 2.41. The number of para-hydroxylation sites is 2. The lowest BCUT2D eigenvalue weighted by molar-refractivity contribution is -0.118. The Bertz CT molecular complexity index is 5190. The van der Waals surface area contributed by atoms with Crippen molar-refractivity contribution in [3.63, 3.8) is 0 Å². The second-order valence-electron chi connectivity index (χ2n) is 33.4. The summed E-state index contributed by atoms with van der Waals surface area (Å²) in [5.74, 6) is -1.03. The number of hydrogen-bond acceptors (Lipinski definition) is 20. The first-order valence-corrected chi connectivity index (χ1v) is 49.4. The zero-order valence-corrected chi connectivity index (χ0v) is 78.0. The summed E-state index contributed by atoms with van der Waals surface area (Å²) in [5.41, 5.74) is 3.20. The van der Waals surface area contributed by atoms with Crippen LogP contribution in [0.5, 0.6) is 34.5 Å². The summed E-state index contributed by atoms with van der Waals surface area (Å²) in [7, 11) is -6.03. The Morgan fingerprint density at radius 2 is 0.791 bits per heavy atom. The minimum atomic E-state index is -4.22. The zero-order chi connectivity index (χ0) is 91.8. The van der Waals surface area contributed by atoms with Gasteiger partial charge in [0.2, 0.25) is 6.79 Å². The number of aromatic nitrogens is 3. The number of aryl methyl sites for hydroxylation is 3. The van der Waals surface area contributed by atoms with Crippen LogP contribution in [0, 0.1) is 20.8 Å². The van der Waals surface area contributed by atoms with Gasteiger partial charge >= 0.3 is 17.9 Å². The number of imidazole rings is 1. The number of aromatic carboxylic acids is 1. The van der Waals surface area contributed by atoms with E-state index < -0.39 is 61.9 Å². The summed E-state index contributed by atoms with van der Waals surface area (Å²) < 4.78 is 108. The van der Waals surface area contributed by atoms with Crippen LogP contribution < -0.4 is 39.1 Å². The number of hydrogen-bond donors (Lipinski definition) is 3. The quantitative estimate of drug-likeness (QED) is 0.0235. The number of methoxy groups -OCH3 is 2. The fourth-order valence-electron chi connectivity index (χ4n) is 16.0. The van der Waals surface area contributed by atoms with Crippen molar-refractivity contribution in [2.45, 2.75) is 275 Å². The van der Waals surface area contributed by atoms with Crippen molar-refractivity contribution < 1.29 is 83.8 Å². The molecule has 0 saturated heterocycles. The summed E-state index contributed by atoms with van der Waals surface area (Å²) in [4.78, 5) is 81.5. The first kappa shape index (κ1) is 100.0. The van der Waals surface area contributed by atoms with Gasteiger partial charge in [-0.25, -0.2) is 46.2 Å². The number of rotatable bonds is 57. The molecule has 5 heterocycles. The number of anilines is 2. The molecule has 0 aliphatic carbocycles. The number of fused-ring (bicyclic) bond motifs is 3.